The van der Waals surface area contributed by atoms with Gasteiger partial charge in [0.15, 0.2) is 0 Å². The first-order valence-electron chi connectivity index (χ1n) is 6.07. The molecular formula is C11H19N5O. The summed E-state index contributed by atoms with van der Waals surface area (Å²) in [6, 6.07) is 0. The Hall–Kier alpha value is -1.43. The van der Waals surface area contributed by atoms with Crippen LogP contribution < -0.4 is 11.1 Å². The molecular weight excluding hydrogens is 218 g/mol. The molecule has 1 saturated carbocycles. The minimum absolute atomic E-state index is 0.0000198. The lowest BCUT2D eigenvalue weighted by molar-refractivity contribution is -0.125. The molecule has 1 amide bonds. The molecule has 0 saturated heterocycles. The van der Waals surface area contributed by atoms with Gasteiger partial charge in [0.2, 0.25) is 5.91 Å². The average molecular weight is 237 g/mol. The van der Waals surface area contributed by atoms with Crippen molar-refractivity contribution in [3.63, 3.8) is 0 Å². The normalized spacial score (nSPS) is 17.5. The van der Waals surface area contributed by atoms with Crippen molar-refractivity contribution in [2.75, 3.05) is 0 Å². The third kappa shape index (κ3) is 2.63. The summed E-state index contributed by atoms with van der Waals surface area (Å²) in [6.45, 7) is 2.68. The highest BCUT2D eigenvalue weighted by atomic mass is 16.2. The highest BCUT2D eigenvalue weighted by Crippen LogP contribution is 2.34. The molecule has 94 valence electrons. The predicted molar refractivity (Wildman–Crippen MR) is 62.9 cm³/mol. The molecule has 3 N–H and O–H groups in total. The molecule has 0 bridgehead atoms. The molecule has 1 aliphatic rings. The Morgan fingerprint density at radius 2 is 2.41 bits per heavy atom. The maximum Gasteiger partial charge on any atom is 0.242 e. The lowest BCUT2D eigenvalue weighted by atomic mass is 9.75. The number of rotatable bonds is 5. The zero-order valence-corrected chi connectivity index (χ0v) is 10.1. The van der Waals surface area contributed by atoms with Gasteiger partial charge in [0, 0.05) is 12.1 Å². The van der Waals surface area contributed by atoms with Crippen LogP contribution in [0, 0.1) is 0 Å². The summed E-state index contributed by atoms with van der Waals surface area (Å²) in [6.07, 6.45) is 6.07. The smallest absolute Gasteiger partial charge is 0.242 e. The van der Waals surface area contributed by atoms with Gasteiger partial charge in [-0.25, -0.2) is 4.68 Å². The van der Waals surface area contributed by atoms with Crippen molar-refractivity contribution in [1.82, 2.24) is 20.3 Å². The van der Waals surface area contributed by atoms with Crippen molar-refractivity contribution in [3.8, 4) is 0 Å². The second-order valence-electron chi connectivity index (χ2n) is 4.65. The molecule has 1 aliphatic carbocycles. The number of carbonyl (C=O) groups excluding carboxylic acids is 1. The standard InChI is InChI=1S/C11H19N5O/c1-2-11(4-3-5-11)13-10(17)8-16-7-9(6-12)14-15-16/h7H,2-6,8,12H2,1H3,(H,13,17). The first-order chi connectivity index (χ1) is 8.17. The number of carbonyl (C=O) groups is 1. The summed E-state index contributed by atoms with van der Waals surface area (Å²) in [7, 11) is 0. The molecule has 0 radical (unpaired) electrons. The maximum atomic E-state index is 11.8. The van der Waals surface area contributed by atoms with Gasteiger partial charge in [-0.1, -0.05) is 12.1 Å². The van der Waals surface area contributed by atoms with E-state index in [2.05, 4.69) is 22.6 Å². The molecule has 1 fully saturated rings. The zero-order valence-electron chi connectivity index (χ0n) is 10.1. The van der Waals surface area contributed by atoms with Crippen LogP contribution >= 0.6 is 0 Å². The van der Waals surface area contributed by atoms with Crippen molar-refractivity contribution in [3.05, 3.63) is 11.9 Å². The van der Waals surface area contributed by atoms with Gasteiger partial charge in [-0.15, -0.1) is 5.10 Å². The maximum absolute atomic E-state index is 11.8. The molecule has 0 aliphatic heterocycles. The minimum Gasteiger partial charge on any atom is -0.349 e. The summed E-state index contributed by atoms with van der Waals surface area (Å²) in [5.74, 6) is 0.0000198. The largest absolute Gasteiger partial charge is 0.349 e. The van der Waals surface area contributed by atoms with Gasteiger partial charge in [0.1, 0.15) is 6.54 Å². The molecule has 6 nitrogen and oxygen atoms in total. The van der Waals surface area contributed by atoms with Gasteiger partial charge >= 0.3 is 0 Å². The molecule has 0 spiro atoms. The Kier molecular flexibility index (Phi) is 3.42. The predicted octanol–water partition coefficient (Wildman–Crippen LogP) is 0.186. The van der Waals surface area contributed by atoms with Crippen LogP contribution in [0.4, 0.5) is 0 Å². The second-order valence-corrected chi connectivity index (χ2v) is 4.65. The van der Waals surface area contributed by atoms with Crippen LogP contribution in [-0.4, -0.2) is 26.4 Å². The van der Waals surface area contributed by atoms with Crippen molar-refractivity contribution in [2.24, 2.45) is 5.73 Å². The van der Waals surface area contributed by atoms with E-state index >= 15 is 0 Å². The van der Waals surface area contributed by atoms with E-state index < -0.39 is 0 Å². The monoisotopic (exact) mass is 237 g/mol. The highest BCUT2D eigenvalue weighted by Gasteiger charge is 2.36. The van der Waals surface area contributed by atoms with Gasteiger partial charge in [0.05, 0.1) is 11.9 Å². The topological polar surface area (TPSA) is 85.8 Å². The van der Waals surface area contributed by atoms with Crippen LogP contribution in [0.1, 0.15) is 38.3 Å². The van der Waals surface area contributed by atoms with Crippen LogP contribution in [0.2, 0.25) is 0 Å². The van der Waals surface area contributed by atoms with Crippen LogP contribution in [0.5, 0.6) is 0 Å². The molecule has 2 rings (SSSR count). The molecule has 1 heterocycles. The quantitative estimate of drug-likeness (QED) is 0.765. The number of hydrogen-bond acceptors (Lipinski definition) is 4. The van der Waals surface area contributed by atoms with Gasteiger partial charge in [0.25, 0.3) is 0 Å². The number of hydrogen-bond donors (Lipinski definition) is 2. The molecule has 0 aromatic carbocycles. The molecule has 1 aromatic rings. The molecule has 17 heavy (non-hydrogen) atoms. The number of aromatic nitrogens is 3. The third-order valence-corrected chi connectivity index (χ3v) is 3.49. The fourth-order valence-corrected chi connectivity index (χ4v) is 2.16. The highest BCUT2D eigenvalue weighted by molar-refractivity contribution is 5.76. The van der Waals surface area contributed by atoms with E-state index in [4.69, 9.17) is 5.73 Å². The Morgan fingerprint density at radius 1 is 1.65 bits per heavy atom. The van der Waals surface area contributed by atoms with E-state index in [0.717, 1.165) is 19.3 Å². The Bertz CT molecular complexity index is 391. The number of nitrogens with zero attached hydrogens (tertiary/aromatic N) is 3. The first-order valence-corrected chi connectivity index (χ1v) is 6.07. The van der Waals surface area contributed by atoms with Gasteiger partial charge in [-0.05, 0) is 25.7 Å². The van der Waals surface area contributed by atoms with E-state index in [-0.39, 0.29) is 18.0 Å². The first kappa shape index (κ1) is 12.0. The third-order valence-electron chi connectivity index (χ3n) is 3.49. The van der Waals surface area contributed by atoms with E-state index in [0.29, 0.717) is 12.2 Å². The Balaban J connectivity index is 1.88. The number of nitrogens with one attached hydrogen (secondary N) is 1. The van der Waals surface area contributed by atoms with Crippen molar-refractivity contribution in [2.45, 2.75) is 51.2 Å². The SMILES string of the molecule is CCC1(NC(=O)Cn2cc(CN)nn2)CCC1. The van der Waals surface area contributed by atoms with Gasteiger partial charge in [-0.2, -0.15) is 0 Å². The minimum atomic E-state index is 0.0000198. The van der Waals surface area contributed by atoms with Crippen LogP contribution in [0.25, 0.3) is 0 Å². The van der Waals surface area contributed by atoms with Crippen LogP contribution in [-0.2, 0) is 17.9 Å². The fourth-order valence-electron chi connectivity index (χ4n) is 2.16. The van der Waals surface area contributed by atoms with Gasteiger partial charge in [-0.3, -0.25) is 4.79 Å². The average Bonchev–Trinajstić information content (AvgIpc) is 2.71. The summed E-state index contributed by atoms with van der Waals surface area (Å²) < 4.78 is 1.53. The summed E-state index contributed by atoms with van der Waals surface area (Å²) in [5, 5.41) is 10.8. The summed E-state index contributed by atoms with van der Waals surface area (Å²) in [5.41, 5.74) is 6.17. The summed E-state index contributed by atoms with van der Waals surface area (Å²) >= 11 is 0. The lowest BCUT2D eigenvalue weighted by Gasteiger charge is -2.42. The zero-order chi connectivity index (χ0) is 12.3. The molecule has 0 unspecified atom stereocenters. The molecule has 0 atom stereocenters. The van der Waals surface area contributed by atoms with Crippen LogP contribution in [0.3, 0.4) is 0 Å². The van der Waals surface area contributed by atoms with E-state index in [1.165, 1.54) is 11.1 Å². The van der Waals surface area contributed by atoms with Crippen molar-refractivity contribution >= 4 is 5.91 Å². The Morgan fingerprint density at radius 3 is 2.88 bits per heavy atom. The number of amides is 1. The Labute approximate surface area is 101 Å². The number of nitrogens with two attached hydrogens (primary N) is 1. The molecule has 6 heteroatoms. The van der Waals surface area contributed by atoms with Crippen molar-refractivity contribution < 1.29 is 4.79 Å². The second kappa shape index (κ2) is 4.83. The van der Waals surface area contributed by atoms with Crippen LogP contribution in [0.15, 0.2) is 6.20 Å². The van der Waals surface area contributed by atoms with Gasteiger partial charge < -0.3 is 11.1 Å². The lowest BCUT2D eigenvalue weighted by Crippen LogP contribution is -2.53. The van der Waals surface area contributed by atoms with E-state index in [1.807, 2.05) is 0 Å². The van der Waals surface area contributed by atoms with Crippen molar-refractivity contribution in [1.29, 1.82) is 0 Å². The fraction of sp³-hybridized carbons (Fsp3) is 0.727. The van der Waals surface area contributed by atoms with E-state index in [1.54, 1.807) is 6.20 Å². The molecule has 1 aromatic heterocycles. The van der Waals surface area contributed by atoms with E-state index in [9.17, 15) is 4.79 Å². The summed E-state index contributed by atoms with van der Waals surface area (Å²) in [4.78, 5) is 11.8.